The van der Waals surface area contributed by atoms with Crippen LogP contribution in [0.2, 0.25) is 5.15 Å². The zero-order valence-electron chi connectivity index (χ0n) is 11.8. The Labute approximate surface area is 129 Å². The van der Waals surface area contributed by atoms with E-state index in [4.69, 9.17) is 11.6 Å². The smallest absolute Gasteiger partial charge is 0.246 e. The molecule has 0 N–H and O–H groups in total. The molecule has 3 rings (SSSR count). The van der Waals surface area contributed by atoms with E-state index in [1.165, 1.54) is 16.6 Å². The van der Waals surface area contributed by atoms with Crippen LogP contribution in [-0.4, -0.2) is 28.8 Å². The maximum Gasteiger partial charge on any atom is 0.246 e. The van der Waals surface area contributed by atoms with Crippen molar-refractivity contribution in [3.63, 3.8) is 0 Å². The number of aryl methyl sites for hydroxylation is 1. The molecule has 0 amide bonds. The molecule has 2 aromatic rings. The number of rotatable bonds is 2. The Morgan fingerprint density at radius 1 is 1.29 bits per heavy atom. The second-order valence-corrected chi connectivity index (χ2v) is 7.35. The Hall–Kier alpha value is -1.37. The summed E-state index contributed by atoms with van der Waals surface area (Å²) < 4.78 is 29.3. The summed E-state index contributed by atoms with van der Waals surface area (Å²) in [7, 11) is -3.65. The van der Waals surface area contributed by atoms with Gasteiger partial charge in [0.25, 0.3) is 0 Å². The zero-order valence-corrected chi connectivity index (χ0v) is 13.4. The molecular weight excluding hydrogens is 310 g/mol. The predicted octanol–water partition coefficient (Wildman–Crippen LogP) is 2.61. The molecule has 3 heterocycles. The molecule has 0 aliphatic carbocycles. The average molecular weight is 326 g/mol. The van der Waals surface area contributed by atoms with Gasteiger partial charge in [-0.15, -0.1) is 0 Å². The molecule has 0 bridgehead atoms. The summed E-state index contributed by atoms with van der Waals surface area (Å²) in [5.41, 5.74) is 2.15. The summed E-state index contributed by atoms with van der Waals surface area (Å²) in [6.45, 7) is 5.00. The van der Waals surface area contributed by atoms with Gasteiger partial charge in [0.2, 0.25) is 10.0 Å². The minimum Gasteiger partial charge on any atom is -0.346 e. The van der Waals surface area contributed by atoms with Crippen LogP contribution in [0.15, 0.2) is 35.4 Å². The van der Waals surface area contributed by atoms with Crippen LogP contribution in [-0.2, 0) is 16.6 Å². The Bertz CT molecular complexity index is 785. The molecule has 1 atom stereocenters. The summed E-state index contributed by atoms with van der Waals surface area (Å²) in [6.07, 6.45) is 1.48. The topological polar surface area (TPSA) is 55.2 Å². The van der Waals surface area contributed by atoms with Gasteiger partial charge in [0.1, 0.15) is 10.0 Å². The van der Waals surface area contributed by atoms with Crippen LogP contribution in [0.1, 0.15) is 24.4 Å². The standard InChI is InChI=1S/C14H16ClN3O2S/c1-10-5-6-12-11(2)18(9-8-17(10)12)21(19,20)13-4-3-7-16-14(13)15/h3-7,11H,8-9H2,1-2H3. The van der Waals surface area contributed by atoms with Gasteiger partial charge in [-0.1, -0.05) is 11.6 Å². The van der Waals surface area contributed by atoms with Gasteiger partial charge in [-0.05, 0) is 38.1 Å². The first-order chi connectivity index (χ1) is 9.93. The van der Waals surface area contributed by atoms with Gasteiger partial charge < -0.3 is 4.57 Å². The molecule has 1 aliphatic rings. The second kappa shape index (κ2) is 5.12. The van der Waals surface area contributed by atoms with Crippen LogP contribution < -0.4 is 0 Å². The van der Waals surface area contributed by atoms with E-state index in [-0.39, 0.29) is 16.1 Å². The lowest BCUT2D eigenvalue weighted by Crippen LogP contribution is -2.41. The molecule has 2 aromatic heterocycles. The molecule has 112 valence electrons. The van der Waals surface area contributed by atoms with Gasteiger partial charge in [-0.2, -0.15) is 4.31 Å². The quantitative estimate of drug-likeness (QED) is 0.797. The van der Waals surface area contributed by atoms with E-state index in [1.807, 2.05) is 26.0 Å². The summed E-state index contributed by atoms with van der Waals surface area (Å²) in [6, 6.07) is 6.84. The van der Waals surface area contributed by atoms with Gasteiger partial charge in [0.15, 0.2) is 0 Å². The molecule has 0 saturated heterocycles. The molecule has 5 nitrogen and oxygen atoms in total. The molecule has 7 heteroatoms. The minimum atomic E-state index is -3.65. The molecule has 0 radical (unpaired) electrons. The Balaban J connectivity index is 2.04. The molecule has 1 unspecified atom stereocenters. The van der Waals surface area contributed by atoms with Crippen LogP contribution in [0.25, 0.3) is 0 Å². The first kappa shape index (κ1) is 14.6. The highest BCUT2D eigenvalue weighted by atomic mass is 35.5. The monoisotopic (exact) mass is 325 g/mol. The van der Waals surface area contributed by atoms with Crippen molar-refractivity contribution in [2.24, 2.45) is 0 Å². The van der Waals surface area contributed by atoms with Gasteiger partial charge >= 0.3 is 0 Å². The lowest BCUT2D eigenvalue weighted by molar-refractivity contribution is 0.280. The number of pyridine rings is 1. The molecule has 0 spiro atoms. The van der Waals surface area contributed by atoms with Crippen molar-refractivity contribution in [3.05, 3.63) is 47.0 Å². The molecule has 21 heavy (non-hydrogen) atoms. The maximum atomic E-state index is 12.8. The fraction of sp³-hybridized carbons (Fsp3) is 0.357. The van der Waals surface area contributed by atoms with Crippen LogP contribution in [0.4, 0.5) is 0 Å². The van der Waals surface area contributed by atoms with Crippen LogP contribution in [0.5, 0.6) is 0 Å². The van der Waals surface area contributed by atoms with Gasteiger partial charge in [0.05, 0.1) is 6.04 Å². The highest BCUT2D eigenvalue weighted by molar-refractivity contribution is 7.89. The van der Waals surface area contributed by atoms with Crippen LogP contribution in [0, 0.1) is 6.92 Å². The van der Waals surface area contributed by atoms with Crippen molar-refractivity contribution < 1.29 is 8.42 Å². The highest BCUT2D eigenvalue weighted by Crippen LogP contribution is 2.33. The number of halogens is 1. The van der Waals surface area contributed by atoms with Crippen molar-refractivity contribution in [2.45, 2.75) is 31.3 Å². The number of aromatic nitrogens is 2. The molecular formula is C14H16ClN3O2S. The molecule has 0 saturated carbocycles. The third kappa shape index (κ3) is 2.27. The maximum absolute atomic E-state index is 12.8. The number of nitrogens with zero attached hydrogens (tertiary/aromatic N) is 3. The summed E-state index contributed by atoms with van der Waals surface area (Å²) in [4.78, 5) is 3.93. The van der Waals surface area contributed by atoms with E-state index in [0.29, 0.717) is 13.1 Å². The predicted molar refractivity (Wildman–Crippen MR) is 80.7 cm³/mol. The van der Waals surface area contributed by atoms with Crippen molar-refractivity contribution in [1.29, 1.82) is 0 Å². The minimum absolute atomic E-state index is 0.0156. The van der Waals surface area contributed by atoms with Gasteiger partial charge in [0, 0.05) is 30.7 Å². The fourth-order valence-corrected chi connectivity index (χ4v) is 4.84. The lowest BCUT2D eigenvalue weighted by atomic mass is 10.2. The first-order valence-electron chi connectivity index (χ1n) is 6.71. The van der Waals surface area contributed by atoms with Crippen molar-refractivity contribution >= 4 is 21.6 Å². The van der Waals surface area contributed by atoms with Crippen molar-refractivity contribution in [3.8, 4) is 0 Å². The normalized spacial score (nSPS) is 19.5. The Kier molecular flexibility index (Phi) is 3.55. The van der Waals surface area contributed by atoms with Crippen molar-refractivity contribution in [1.82, 2.24) is 13.9 Å². The van der Waals surface area contributed by atoms with Crippen molar-refractivity contribution in [2.75, 3.05) is 6.54 Å². The Morgan fingerprint density at radius 3 is 2.76 bits per heavy atom. The summed E-state index contributed by atoms with van der Waals surface area (Å²) in [5.74, 6) is 0. The van der Waals surface area contributed by atoms with E-state index in [2.05, 4.69) is 9.55 Å². The first-order valence-corrected chi connectivity index (χ1v) is 8.53. The summed E-state index contributed by atoms with van der Waals surface area (Å²) >= 11 is 5.96. The summed E-state index contributed by atoms with van der Waals surface area (Å²) in [5, 5.41) is 0.0156. The zero-order chi connectivity index (χ0) is 15.2. The SMILES string of the molecule is Cc1ccc2n1CCN(S(=O)(=O)c1cccnc1Cl)C2C. The highest BCUT2D eigenvalue weighted by Gasteiger charge is 2.35. The average Bonchev–Trinajstić information content (AvgIpc) is 2.82. The number of hydrogen-bond acceptors (Lipinski definition) is 3. The van der Waals surface area contributed by atoms with Crippen LogP contribution in [0.3, 0.4) is 0 Å². The fourth-order valence-electron chi connectivity index (χ4n) is 2.82. The molecule has 0 aromatic carbocycles. The number of hydrogen-bond donors (Lipinski definition) is 0. The van der Waals surface area contributed by atoms with Gasteiger partial charge in [-0.25, -0.2) is 13.4 Å². The third-order valence-corrected chi connectivity index (χ3v) is 6.36. The van der Waals surface area contributed by atoms with E-state index in [9.17, 15) is 8.42 Å². The lowest BCUT2D eigenvalue weighted by Gasteiger charge is -2.34. The number of fused-ring (bicyclic) bond motifs is 1. The third-order valence-electron chi connectivity index (χ3n) is 3.95. The molecule has 0 fully saturated rings. The van der Waals surface area contributed by atoms with E-state index < -0.39 is 10.0 Å². The Morgan fingerprint density at radius 2 is 2.05 bits per heavy atom. The van der Waals surface area contributed by atoms with Crippen LogP contribution >= 0.6 is 11.6 Å². The second-order valence-electron chi connectivity index (χ2n) is 5.14. The van der Waals surface area contributed by atoms with E-state index in [0.717, 1.165) is 11.4 Å². The molecule has 1 aliphatic heterocycles. The largest absolute Gasteiger partial charge is 0.346 e. The van der Waals surface area contributed by atoms with Gasteiger partial charge in [-0.3, -0.25) is 0 Å². The van der Waals surface area contributed by atoms with E-state index >= 15 is 0 Å². The van der Waals surface area contributed by atoms with E-state index in [1.54, 1.807) is 6.07 Å². The number of sulfonamides is 1.